The Labute approximate surface area is 223 Å². The third-order valence-corrected chi connectivity index (χ3v) is 7.21. The van der Waals surface area contributed by atoms with E-state index in [1.165, 1.54) is 32.2 Å². The molecule has 4 atom stereocenters. The molecule has 0 N–H and O–H groups in total. The van der Waals surface area contributed by atoms with Crippen molar-refractivity contribution in [1.82, 2.24) is 0 Å². The molecule has 0 radical (unpaired) electrons. The fourth-order valence-electron chi connectivity index (χ4n) is 5.03. The molecule has 2 heterocycles. The number of carbonyl (C=O) groups excluding carboxylic acids is 1. The van der Waals surface area contributed by atoms with E-state index in [0.29, 0.717) is 30.9 Å². The number of hydrazone groups is 1. The van der Waals surface area contributed by atoms with Crippen LogP contribution in [0.4, 0.5) is 33.3 Å². The van der Waals surface area contributed by atoms with Crippen molar-refractivity contribution < 1.29 is 41.0 Å². The number of ether oxygens (including phenoxy) is 3. The number of hydrogen-bond donors (Lipinski definition) is 0. The fraction of sp³-hybridized carbons (Fsp3) is 0.481. The van der Waals surface area contributed by atoms with Gasteiger partial charge in [0.15, 0.2) is 11.6 Å². The summed E-state index contributed by atoms with van der Waals surface area (Å²) in [7, 11) is 2.57. The smallest absolute Gasteiger partial charge is 0.431 e. The molecule has 12 heteroatoms. The molecule has 39 heavy (non-hydrogen) atoms. The van der Waals surface area contributed by atoms with Crippen LogP contribution in [0, 0.1) is 23.5 Å². The molecular formula is C27H30F5N3O4. The van der Waals surface area contributed by atoms with E-state index < -0.39 is 41.5 Å². The Hall–Kier alpha value is -3.57. The van der Waals surface area contributed by atoms with Crippen molar-refractivity contribution in [2.24, 2.45) is 16.9 Å². The van der Waals surface area contributed by atoms with Crippen LogP contribution in [-0.2, 0) is 9.53 Å². The molecule has 0 aromatic heterocycles. The largest absolute Gasteiger partial charge is 0.497 e. The number of anilines is 2. The van der Waals surface area contributed by atoms with Crippen molar-refractivity contribution in [1.29, 1.82) is 0 Å². The van der Waals surface area contributed by atoms with Crippen molar-refractivity contribution in [2.45, 2.75) is 45.0 Å². The normalized spacial score (nSPS) is 23.5. The first-order chi connectivity index (χ1) is 18.4. The zero-order chi connectivity index (χ0) is 28.5. The molecule has 2 aromatic carbocycles. The van der Waals surface area contributed by atoms with Gasteiger partial charge >= 0.3 is 12.1 Å². The lowest BCUT2D eigenvalue weighted by molar-refractivity contribution is -0.141. The number of methoxy groups -OCH3 is 2. The van der Waals surface area contributed by atoms with Crippen molar-refractivity contribution in [3.05, 3.63) is 48.0 Å². The van der Waals surface area contributed by atoms with Crippen LogP contribution < -0.4 is 19.4 Å². The standard InChI is InChI=1S/C27H30F5N3O4/c1-15-14-34(22-12-19(37-3)11-20(28)25(22)29)10-9-23(15)39-18-7-5-17(6-8-18)35-21(13-24(36)38-4)16(2)26(33-35)27(30,31)32/h5-8,11-12,15-16,21,23H,9-10,13-14H2,1-4H3/t15-,16-,21-,23+/m0/s1. The molecular weight excluding hydrogens is 525 g/mol. The maximum Gasteiger partial charge on any atom is 0.431 e. The Morgan fingerprint density at radius 1 is 1.08 bits per heavy atom. The molecule has 2 aromatic rings. The second-order valence-electron chi connectivity index (χ2n) is 9.77. The Bertz CT molecular complexity index is 1220. The second kappa shape index (κ2) is 11.3. The van der Waals surface area contributed by atoms with E-state index in [-0.39, 0.29) is 29.9 Å². The summed E-state index contributed by atoms with van der Waals surface area (Å²) >= 11 is 0. The number of nitrogens with zero attached hydrogens (tertiary/aromatic N) is 3. The van der Waals surface area contributed by atoms with Gasteiger partial charge in [-0.25, -0.2) is 8.78 Å². The molecule has 0 spiro atoms. The summed E-state index contributed by atoms with van der Waals surface area (Å²) in [5.41, 5.74) is -0.452. The van der Waals surface area contributed by atoms with Crippen molar-refractivity contribution in [2.75, 3.05) is 37.2 Å². The molecule has 0 amide bonds. The van der Waals surface area contributed by atoms with Crippen molar-refractivity contribution >= 4 is 23.1 Å². The SMILES string of the molecule is COC(=O)C[C@H]1[C@H](C)C(C(F)(F)F)=NN1c1ccc(O[C@@H]2CCN(c3cc(OC)cc(F)c3F)C[C@@H]2C)cc1. The van der Waals surface area contributed by atoms with E-state index in [4.69, 9.17) is 9.47 Å². The molecule has 2 aliphatic heterocycles. The minimum absolute atomic E-state index is 0.0464. The third-order valence-electron chi connectivity index (χ3n) is 7.21. The van der Waals surface area contributed by atoms with Crippen LogP contribution in [0.2, 0.25) is 0 Å². The molecule has 4 rings (SSSR count). The first-order valence-electron chi connectivity index (χ1n) is 12.5. The molecule has 1 saturated heterocycles. The number of carbonyl (C=O) groups is 1. The quantitative estimate of drug-likeness (QED) is 0.329. The van der Waals surface area contributed by atoms with Gasteiger partial charge in [-0.3, -0.25) is 9.80 Å². The lowest BCUT2D eigenvalue weighted by Crippen LogP contribution is -2.44. The van der Waals surface area contributed by atoms with Gasteiger partial charge in [0, 0.05) is 43.5 Å². The second-order valence-corrected chi connectivity index (χ2v) is 9.77. The highest BCUT2D eigenvalue weighted by Crippen LogP contribution is 2.37. The summed E-state index contributed by atoms with van der Waals surface area (Å²) in [6.07, 6.45) is -4.58. The number of benzene rings is 2. The van der Waals surface area contributed by atoms with Crippen LogP contribution in [-0.4, -0.2) is 57.3 Å². The van der Waals surface area contributed by atoms with E-state index in [1.54, 1.807) is 29.2 Å². The van der Waals surface area contributed by atoms with Crippen LogP contribution >= 0.6 is 0 Å². The minimum Gasteiger partial charge on any atom is -0.497 e. The summed E-state index contributed by atoms with van der Waals surface area (Å²) in [5.74, 6) is -2.90. The van der Waals surface area contributed by atoms with Crippen LogP contribution in [0.15, 0.2) is 41.5 Å². The predicted molar refractivity (Wildman–Crippen MR) is 135 cm³/mol. The Morgan fingerprint density at radius 3 is 2.36 bits per heavy atom. The Kier molecular flexibility index (Phi) is 8.22. The minimum atomic E-state index is -4.63. The van der Waals surface area contributed by atoms with E-state index in [9.17, 15) is 26.7 Å². The topological polar surface area (TPSA) is 63.6 Å². The summed E-state index contributed by atoms with van der Waals surface area (Å²) in [6.45, 7) is 4.17. The van der Waals surface area contributed by atoms with E-state index in [0.717, 1.165) is 6.07 Å². The van der Waals surface area contributed by atoms with Crippen LogP contribution in [0.25, 0.3) is 0 Å². The maximum atomic E-state index is 14.5. The monoisotopic (exact) mass is 555 g/mol. The summed E-state index contributed by atoms with van der Waals surface area (Å²) in [4.78, 5) is 13.6. The molecule has 0 unspecified atom stereocenters. The van der Waals surface area contributed by atoms with Crippen molar-refractivity contribution in [3.8, 4) is 11.5 Å². The fourth-order valence-corrected chi connectivity index (χ4v) is 5.03. The van der Waals surface area contributed by atoms with Crippen LogP contribution in [0.3, 0.4) is 0 Å². The average molecular weight is 556 g/mol. The number of halogens is 5. The zero-order valence-electron chi connectivity index (χ0n) is 22.0. The van der Waals surface area contributed by atoms with Gasteiger partial charge in [0.25, 0.3) is 0 Å². The van der Waals surface area contributed by atoms with Gasteiger partial charge in [-0.05, 0) is 24.3 Å². The highest BCUT2D eigenvalue weighted by Gasteiger charge is 2.49. The number of hydrogen-bond acceptors (Lipinski definition) is 7. The highest BCUT2D eigenvalue weighted by atomic mass is 19.4. The van der Waals surface area contributed by atoms with Gasteiger partial charge in [0.1, 0.15) is 23.3 Å². The van der Waals surface area contributed by atoms with Crippen molar-refractivity contribution in [3.63, 3.8) is 0 Å². The predicted octanol–water partition coefficient (Wildman–Crippen LogP) is 5.57. The first-order valence-corrected chi connectivity index (χ1v) is 12.5. The molecule has 212 valence electrons. The van der Waals surface area contributed by atoms with Crippen LogP contribution in [0.1, 0.15) is 26.7 Å². The Morgan fingerprint density at radius 2 is 1.77 bits per heavy atom. The molecule has 7 nitrogen and oxygen atoms in total. The van der Waals surface area contributed by atoms with Gasteiger partial charge in [0.2, 0.25) is 0 Å². The van der Waals surface area contributed by atoms with Gasteiger partial charge in [0.05, 0.1) is 38.1 Å². The van der Waals surface area contributed by atoms with Gasteiger partial charge in [-0.2, -0.15) is 18.3 Å². The molecule has 1 fully saturated rings. The van der Waals surface area contributed by atoms with Gasteiger partial charge in [-0.1, -0.05) is 13.8 Å². The van der Waals surface area contributed by atoms with Crippen LogP contribution in [0.5, 0.6) is 11.5 Å². The van der Waals surface area contributed by atoms with Gasteiger partial charge < -0.3 is 19.1 Å². The van der Waals surface area contributed by atoms with E-state index >= 15 is 0 Å². The lowest BCUT2D eigenvalue weighted by Gasteiger charge is -2.38. The average Bonchev–Trinajstić information content (AvgIpc) is 3.23. The van der Waals surface area contributed by atoms with Gasteiger partial charge in [-0.15, -0.1) is 0 Å². The lowest BCUT2D eigenvalue weighted by atomic mass is 9.94. The molecule has 0 aliphatic carbocycles. The number of esters is 1. The number of piperidine rings is 1. The molecule has 2 aliphatic rings. The maximum absolute atomic E-state index is 14.5. The highest BCUT2D eigenvalue weighted by molar-refractivity contribution is 5.96. The number of rotatable bonds is 7. The first kappa shape index (κ1) is 28.4. The van der Waals surface area contributed by atoms with E-state index in [1.807, 2.05) is 6.92 Å². The zero-order valence-corrected chi connectivity index (χ0v) is 22.0. The molecule has 0 saturated carbocycles. The summed E-state index contributed by atoms with van der Waals surface area (Å²) in [5, 5.41) is 5.01. The third kappa shape index (κ3) is 6.04. The van der Waals surface area contributed by atoms with E-state index in [2.05, 4.69) is 9.84 Å². The number of alkyl halides is 3. The summed E-state index contributed by atoms with van der Waals surface area (Å²) < 4.78 is 84.9. The Balaban J connectivity index is 1.45. The summed E-state index contributed by atoms with van der Waals surface area (Å²) in [6, 6.07) is 8.04. The molecule has 0 bridgehead atoms.